The van der Waals surface area contributed by atoms with Crippen molar-refractivity contribution in [1.82, 2.24) is 9.55 Å². The van der Waals surface area contributed by atoms with Gasteiger partial charge in [0.15, 0.2) is 0 Å². The maximum atomic E-state index is 12.3. The molecule has 1 aliphatic rings. The van der Waals surface area contributed by atoms with E-state index in [0.29, 0.717) is 17.9 Å². The van der Waals surface area contributed by atoms with Gasteiger partial charge in [0.05, 0.1) is 11.0 Å². The molecule has 118 valence electrons. The highest BCUT2D eigenvalue weighted by Crippen LogP contribution is 2.29. The van der Waals surface area contributed by atoms with Gasteiger partial charge in [-0.3, -0.25) is 19.5 Å². The van der Waals surface area contributed by atoms with Crippen molar-refractivity contribution in [3.8, 4) is 0 Å². The Kier molecular flexibility index (Phi) is 3.64. The van der Waals surface area contributed by atoms with E-state index < -0.39 is 0 Å². The maximum absolute atomic E-state index is 12.3. The van der Waals surface area contributed by atoms with Crippen LogP contribution in [0.2, 0.25) is 0 Å². The Morgan fingerprint density at radius 1 is 1.35 bits per heavy atom. The van der Waals surface area contributed by atoms with Crippen LogP contribution in [-0.2, 0) is 4.79 Å². The van der Waals surface area contributed by atoms with Crippen LogP contribution in [0.4, 0.5) is 5.95 Å². The van der Waals surface area contributed by atoms with Crippen molar-refractivity contribution < 1.29 is 9.59 Å². The third-order valence-corrected chi connectivity index (χ3v) is 3.55. The number of fused-ring (bicyclic) bond motifs is 1. The topological polar surface area (TPSA) is 64.0 Å². The summed E-state index contributed by atoms with van der Waals surface area (Å²) >= 11 is 0. The summed E-state index contributed by atoms with van der Waals surface area (Å²) in [6.45, 7) is 6.05. The number of anilines is 1. The third-order valence-electron chi connectivity index (χ3n) is 3.55. The maximum Gasteiger partial charge on any atom is 0.227 e. The summed E-state index contributed by atoms with van der Waals surface area (Å²) in [6.07, 6.45) is 7.01. The van der Waals surface area contributed by atoms with Crippen molar-refractivity contribution >= 4 is 34.9 Å². The Labute approximate surface area is 134 Å². The fourth-order valence-electron chi connectivity index (χ4n) is 2.49. The van der Waals surface area contributed by atoms with Crippen molar-refractivity contribution in [3.05, 3.63) is 42.0 Å². The molecule has 1 aliphatic carbocycles. The van der Waals surface area contributed by atoms with Gasteiger partial charge in [0.1, 0.15) is 6.29 Å². The molecule has 23 heavy (non-hydrogen) atoms. The highest BCUT2D eigenvalue weighted by molar-refractivity contribution is 5.96. The number of rotatable bonds is 4. The predicted octanol–water partition coefficient (Wildman–Crippen LogP) is 3.63. The minimum Gasteiger partial charge on any atom is -0.298 e. The summed E-state index contributed by atoms with van der Waals surface area (Å²) in [5.74, 6) is 0.404. The van der Waals surface area contributed by atoms with Gasteiger partial charge in [-0.05, 0) is 35.8 Å². The Morgan fingerprint density at radius 3 is 2.65 bits per heavy atom. The number of hydrogen-bond acceptors (Lipinski definition) is 3. The van der Waals surface area contributed by atoms with Crippen LogP contribution in [0.3, 0.4) is 0 Å². The van der Waals surface area contributed by atoms with E-state index in [-0.39, 0.29) is 11.3 Å². The standard InChI is InChI=1S/C18H19N3O2/c1-18(2,3)10-16(23)20-17-19-14-8-7-12(11-22)9-15(14)21(17)13-5-4-6-13/h4-9,11H,10H2,1-3H3,(H,19,20,23). The van der Waals surface area contributed by atoms with Gasteiger partial charge in [-0.15, -0.1) is 0 Å². The Hall–Kier alpha value is -2.69. The molecule has 0 unspecified atom stereocenters. The van der Waals surface area contributed by atoms with E-state index in [1.54, 1.807) is 18.2 Å². The third kappa shape index (κ3) is 3.08. The molecule has 1 aromatic heterocycles. The molecule has 0 radical (unpaired) electrons. The van der Waals surface area contributed by atoms with Crippen LogP contribution in [0.1, 0.15) is 37.6 Å². The molecule has 3 rings (SSSR count). The summed E-state index contributed by atoms with van der Waals surface area (Å²) in [5, 5.41) is 2.89. The molecule has 2 aromatic rings. The molecule has 0 bridgehead atoms. The number of aromatic nitrogens is 2. The molecular formula is C18H19N3O2. The molecule has 0 saturated heterocycles. The van der Waals surface area contributed by atoms with E-state index >= 15 is 0 Å². The van der Waals surface area contributed by atoms with Crippen molar-refractivity contribution in [2.24, 2.45) is 5.41 Å². The van der Waals surface area contributed by atoms with Crippen molar-refractivity contribution in [1.29, 1.82) is 0 Å². The van der Waals surface area contributed by atoms with Crippen LogP contribution in [-0.4, -0.2) is 21.7 Å². The van der Waals surface area contributed by atoms with E-state index in [9.17, 15) is 9.59 Å². The summed E-state index contributed by atoms with van der Waals surface area (Å²) in [7, 11) is 0. The first-order chi connectivity index (χ1) is 10.9. The van der Waals surface area contributed by atoms with Crippen molar-refractivity contribution in [2.45, 2.75) is 27.2 Å². The zero-order valence-electron chi connectivity index (χ0n) is 13.5. The number of amides is 1. The van der Waals surface area contributed by atoms with Gasteiger partial charge in [-0.1, -0.05) is 26.8 Å². The number of allylic oxidation sites excluding steroid dienone is 4. The number of aldehydes is 1. The number of nitrogens with zero attached hydrogens (tertiary/aromatic N) is 2. The number of carbonyl (C=O) groups is 2. The number of nitrogens with one attached hydrogen (secondary N) is 1. The highest BCUT2D eigenvalue weighted by atomic mass is 16.1. The fourth-order valence-corrected chi connectivity index (χ4v) is 2.49. The largest absolute Gasteiger partial charge is 0.298 e. The molecule has 5 nitrogen and oxygen atoms in total. The minimum absolute atomic E-state index is 0.0754. The molecule has 0 aliphatic heterocycles. The summed E-state index contributed by atoms with van der Waals surface area (Å²) in [4.78, 5) is 27.8. The second-order valence-electron chi connectivity index (χ2n) is 6.87. The molecule has 5 heteroatoms. The van der Waals surface area contributed by atoms with Gasteiger partial charge in [-0.2, -0.15) is 0 Å². The summed E-state index contributed by atoms with van der Waals surface area (Å²) in [5.41, 5.74) is 2.96. The van der Waals surface area contributed by atoms with Crippen LogP contribution in [0, 0.1) is 5.41 Å². The van der Waals surface area contributed by atoms with E-state index in [1.165, 1.54) is 0 Å². The second-order valence-corrected chi connectivity index (χ2v) is 6.87. The van der Waals surface area contributed by atoms with Crippen molar-refractivity contribution in [3.63, 3.8) is 0 Å². The molecule has 1 N–H and O–H groups in total. The molecule has 1 amide bonds. The van der Waals surface area contributed by atoms with Gasteiger partial charge < -0.3 is 0 Å². The monoisotopic (exact) mass is 309 g/mol. The Bertz CT molecular complexity index is 851. The van der Waals surface area contributed by atoms with Gasteiger partial charge in [0, 0.05) is 17.7 Å². The first-order valence-electron chi connectivity index (χ1n) is 7.54. The van der Waals surface area contributed by atoms with E-state index in [0.717, 1.165) is 23.0 Å². The van der Waals surface area contributed by atoms with Gasteiger partial charge in [0.25, 0.3) is 0 Å². The first-order valence-corrected chi connectivity index (χ1v) is 7.54. The smallest absolute Gasteiger partial charge is 0.227 e. The van der Waals surface area contributed by atoms with Gasteiger partial charge >= 0.3 is 0 Å². The molecule has 1 heterocycles. The lowest BCUT2D eigenvalue weighted by atomic mass is 9.92. The molecule has 0 atom stereocenters. The zero-order chi connectivity index (χ0) is 16.6. The lowest BCUT2D eigenvalue weighted by molar-refractivity contribution is -0.117. The number of hydrogen-bond donors (Lipinski definition) is 1. The summed E-state index contributed by atoms with van der Waals surface area (Å²) < 4.78 is 1.86. The zero-order valence-corrected chi connectivity index (χ0v) is 13.5. The first kappa shape index (κ1) is 15.2. The average Bonchev–Trinajstić information content (AvgIpc) is 2.72. The molecule has 0 saturated carbocycles. The number of carbonyl (C=O) groups excluding carboxylic acids is 2. The van der Waals surface area contributed by atoms with Gasteiger partial charge in [-0.25, -0.2) is 4.98 Å². The highest BCUT2D eigenvalue weighted by Gasteiger charge is 2.20. The van der Waals surface area contributed by atoms with E-state index in [1.807, 2.05) is 43.6 Å². The Balaban J connectivity index is 2.02. The van der Waals surface area contributed by atoms with E-state index in [2.05, 4.69) is 10.3 Å². The quantitative estimate of drug-likeness (QED) is 0.877. The minimum atomic E-state index is -0.0960. The fraction of sp³-hybridized carbons (Fsp3) is 0.278. The van der Waals surface area contributed by atoms with Crippen LogP contribution < -0.4 is 5.32 Å². The lowest BCUT2D eigenvalue weighted by Crippen LogP contribution is -2.21. The molecular weight excluding hydrogens is 290 g/mol. The number of imidazole rings is 1. The van der Waals surface area contributed by atoms with Crippen LogP contribution >= 0.6 is 0 Å². The van der Waals surface area contributed by atoms with Crippen molar-refractivity contribution in [2.75, 3.05) is 5.32 Å². The van der Waals surface area contributed by atoms with Gasteiger partial charge in [0.2, 0.25) is 11.9 Å². The number of benzene rings is 1. The molecule has 0 spiro atoms. The lowest BCUT2D eigenvalue weighted by Gasteiger charge is -2.18. The van der Waals surface area contributed by atoms with E-state index in [4.69, 9.17) is 0 Å². The van der Waals surface area contributed by atoms with Crippen LogP contribution in [0.25, 0.3) is 16.7 Å². The molecule has 0 fully saturated rings. The summed E-state index contributed by atoms with van der Waals surface area (Å²) in [6, 6.07) is 5.29. The SMILES string of the molecule is CC(C)(C)CC(=O)Nc1nc2ccc(C=O)cc2n1C1=CC=C1. The van der Waals surface area contributed by atoms with Crippen LogP contribution in [0.15, 0.2) is 36.4 Å². The normalized spacial score (nSPS) is 13.6. The second kappa shape index (κ2) is 5.50. The average molecular weight is 309 g/mol. The molecule has 1 aromatic carbocycles. The Morgan fingerprint density at radius 2 is 2.09 bits per heavy atom. The van der Waals surface area contributed by atoms with Crippen LogP contribution in [0.5, 0.6) is 0 Å². The predicted molar refractivity (Wildman–Crippen MR) is 91.2 cm³/mol.